The van der Waals surface area contributed by atoms with Crippen LogP contribution in [-0.2, 0) is 6.54 Å². The van der Waals surface area contributed by atoms with Crippen molar-refractivity contribution < 1.29 is 4.74 Å². The molecular formula is C17H25N3O. The molecule has 0 aliphatic carbocycles. The van der Waals surface area contributed by atoms with E-state index in [1.165, 1.54) is 5.56 Å². The summed E-state index contributed by atoms with van der Waals surface area (Å²) in [4.78, 5) is 0. The summed E-state index contributed by atoms with van der Waals surface area (Å²) >= 11 is 0. The SMILES string of the molecule is CCNCc1[nH]nc(-c2ccc(OCC(C)C)cc2)c1C. The summed E-state index contributed by atoms with van der Waals surface area (Å²) in [6, 6.07) is 8.15. The highest BCUT2D eigenvalue weighted by atomic mass is 16.5. The van der Waals surface area contributed by atoms with Crippen LogP contribution in [0.1, 0.15) is 32.0 Å². The molecule has 4 nitrogen and oxygen atoms in total. The lowest BCUT2D eigenvalue weighted by Crippen LogP contribution is -2.12. The molecule has 0 saturated carbocycles. The van der Waals surface area contributed by atoms with Crippen LogP contribution in [0.15, 0.2) is 24.3 Å². The molecule has 0 saturated heterocycles. The first kappa shape index (κ1) is 15.6. The van der Waals surface area contributed by atoms with Crippen LogP contribution in [-0.4, -0.2) is 23.3 Å². The van der Waals surface area contributed by atoms with Crippen molar-refractivity contribution in [2.24, 2.45) is 5.92 Å². The van der Waals surface area contributed by atoms with Gasteiger partial charge in [-0.25, -0.2) is 0 Å². The van der Waals surface area contributed by atoms with Crippen LogP contribution in [0.5, 0.6) is 5.75 Å². The molecule has 0 amide bonds. The predicted molar refractivity (Wildman–Crippen MR) is 86.5 cm³/mol. The van der Waals surface area contributed by atoms with Crippen molar-refractivity contribution in [3.05, 3.63) is 35.5 Å². The van der Waals surface area contributed by atoms with E-state index in [1.807, 2.05) is 12.1 Å². The van der Waals surface area contributed by atoms with Gasteiger partial charge < -0.3 is 10.1 Å². The molecule has 0 radical (unpaired) electrons. The average molecular weight is 287 g/mol. The fraction of sp³-hybridized carbons (Fsp3) is 0.471. The van der Waals surface area contributed by atoms with Gasteiger partial charge in [-0.15, -0.1) is 0 Å². The topological polar surface area (TPSA) is 49.9 Å². The molecule has 1 heterocycles. The van der Waals surface area contributed by atoms with Gasteiger partial charge in [0, 0.05) is 12.1 Å². The minimum atomic E-state index is 0.534. The maximum absolute atomic E-state index is 5.71. The van der Waals surface area contributed by atoms with E-state index in [-0.39, 0.29) is 0 Å². The average Bonchev–Trinajstić information content (AvgIpc) is 2.84. The number of aromatic amines is 1. The smallest absolute Gasteiger partial charge is 0.119 e. The van der Waals surface area contributed by atoms with Crippen LogP contribution in [0.3, 0.4) is 0 Å². The van der Waals surface area contributed by atoms with Crippen molar-refractivity contribution in [1.29, 1.82) is 0 Å². The van der Waals surface area contributed by atoms with Crippen LogP contribution in [0, 0.1) is 12.8 Å². The van der Waals surface area contributed by atoms with Gasteiger partial charge in [0.25, 0.3) is 0 Å². The largest absolute Gasteiger partial charge is 0.493 e. The number of benzene rings is 1. The van der Waals surface area contributed by atoms with Gasteiger partial charge in [0.1, 0.15) is 5.75 Å². The van der Waals surface area contributed by atoms with Crippen LogP contribution in [0.4, 0.5) is 0 Å². The molecule has 2 aromatic rings. The zero-order chi connectivity index (χ0) is 15.2. The molecule has 0 bridgehead atoms. The summed E-state index contributed by atoms with van der Waals surface area (Å²) in [5.41, 5.74) is 4.47. The first-order valence-electron chi connectivity index (χ1n) is 7.59. The van der Waals surface area contributed by atoms with E-state index in [2.05, 4.69) is 55.3 Å². The first-order chi connectivity index (χ1) is 10.1. The van der Waals surface area contributed by atoms with E-state index in [0.717, 1.165) is 42.4 Å². The number of nitrogens with one attached hydrogen (secondary N) is 2. The lowest BCUT2D eigenvalue weighted by Gasteiger charge is -2.09. The maximum Gasteiger partial charge on any atom is 0.119 e. The Labute approximate surface area is 126 Å². The fourth-order valence-corrected chi connectivity index (χ4v) is 2.11. The third-order valence-corrected chi connectivity index (χ3v) is 3.37. The van der Waals surface area contributed by atoms with E-state index in [9.17, 15) is 0 Å². The summed E-state index contributed by atoms with van der Waals surface area (Å²) in [5.74, 6) is 1.44. The lowest BCUT2D eigenvalue weighted by molar-refractivity contribution is 0.271. The Balaban J connectivity index is 2.10. The van der Waals surface area contributed by atoms with Gasteiger partial charge in [0.2, 0.25) is 0 Å². The minimum Gasteiger partial charge on any atom is -0.493 e. The summed E-state index contributed by atoms with van der Waals surface area (Å²) in [6.07, 6.45) is 0. The molecule has 21 heavy (non-hydrogen) atoms. The standard InChI is InChI=1S/C17H25N3O/c1-5-18-10-16-13(4)17(20-19-16)14-6-8-15(9-7-14)21-11-12(2)3/h6-9,12,18H,5,10-11H2,1-4H3,(H,19,20). The van der Waals surface area contributed by atoms with E-state index < -0.39 is 0 Å². The number of ether oxygens (including phenoxy) is 1. The highest BCUT2D eigenvalue weighted by Crippen LogP contribution is 2.25. The van der Waals surface area contributed by atoms with Gasteiger partial charge in [-0.05, 0) is 49.2 Å². The highest BCUT2D eigenvalue weighted by Gasteiger charge is 2.10. The van der Waals surface area contributed by atoms with Crippen LogP contribution in [0.25, 0.3) is 11.3 Å². The fourth-order valence-electron chi connectivity index (χ4n) is 2.11. The van der Waals surface area contributed by atoms with Gasteiger partial charge in [-0.2, -0.15) is 5.10 Å². The summed E-state index contributed by atoms with van der Waals surface area (Å²) in [5, 5.41) is 10.9. The van der Waals surface area contributed by atoms with E-state index >= 15 is 0 Å². The molecule has 4 heteroatoms. The molecule has 2 rings (SSSR count). The van der Waals surface area contributed by atoms with E-state index in [0.29, 0.717) is 5.92 Å². The maximum atomic E-state index is 5.71. The van der Waals surface area contributed by atoms with Crippen molar-refractivity contribution in [2.75, 3.05) is 13.2 Å². The van der Waals surface area contributed by atoms with Gasteiger partial charge in [-0.1, -0.05) is 20.8 Å². The minimum absolute atomic E-state index is 0.534. The van der Waals surface area contributed by atoms with E-state index in [4.69, 9.17) is 4.74 Å². The molecule has 2 N–H and O–H groups in total. The molecule has 114 valence electrons. The Morgan fingerprint density at radius 1 is 1.24 bits per heavy atom. The zero-order valence-corrected chi connectivity index (χ0v) is 13.4. The van der Waals surface area contributed by atoms with Crippen molar-refractivity contribution in [2.45, 2.75) is 34.2 Å². The number of hydrogen-bond donors (Lipinski definition) is 2. The monoisotopic (exact) mass is 287 g/mol. The molecule has 0 aliphatic rings. The molecule has 0 atom stereocenters. The van der Waals surface area contributed by atoms with Crippen LogP contribution >= 0.6 is 0 Å². The van der Waals surface area contributed by atoms with Crippen molar-refractivity contribution in [1.82, 2.24) is 15.5 Å². The second-order valence-corrected chi connectivity index (χ2v) is 5.69. The van der Waals surface area contributed by atoms with Gasteiger partial charge in [0.15, 0.2) is 0 Å². The summed E-state index contributed by atoms with van der Waals surface area (Å²) in [7, 11) is 0. The van der Waals surface area contributed by atoms with Gasteiger partial charge in [0.05, 0.1) is 18.0 Å². The molecule has 0 unspecified atom stereocenters. The molecule has 1 aromatic heterocycles. The second-order valence-electron chi connectivity index (χ2n) is 5.69. The molecule has 0 aliphatic heterocycles. The van der Waals surface area contributed by atoms with Gasteiger partial charge in [-0.3, -0.25) is 5.10 Å². The van der Waals surface area contributed by atoms with Crippen molar-refractivity contribution >= 4 is 0 Å². The van der Waals surface area contributed by atoms with Gasteiger partial charge >= 0.3 is 0 Å². The molecule has 1 aromatic carbocycles. The lowest BCUT2D eigenvalue weighted by atomic mass is 10.1. The number of nitrogens with zero attached hydrogens (tertiary/aromatic N) is 1. The number of rotatable bonds is 7. The number of hydrogen-bond acceptors (Lipinski definition) is 3. The Kier molecular flexibility index (Phi) is 5.39. The highest BCUT2D eigenvalue weighted by molar-refractivity contribution is 5.64. The van der Waals surface area contributed by atoms with Crippen molar-refractivity contribution in [3.8, 4) is 17.0 Å². The predicted octanol–water partition coefficient (Wildman–Crippen LogP) is 3.53. The van der Waals surface area contributed by atoms with E-state index in [1.54, 1.807) is 0 Å². The Morgan fingerprint density at radius 2 is 1.95 bits per heavy atom. The molecule has 0 fully saturated rings. The zero-order valence-electron chi connectivity index (χ0n) is 13.4. The molecule has 0 spiro atoms. The molecular weight excluding hydrogens is 262 g/mol. The Morgan fingerprint density at radius 3 is 2.57 bits per heavy atom. The van der Waals surface area contributed by atoms with Crippen LogP contribution < -0.4 is 10.1 Å². The number of aromatic nitrogens is 2. The summed E-state index contributed by atoms with van der Waals surface area (Å²) < 4.78 is 5.71. The first-order valence-corrected chi connectivity index (χ1v) is 7.59. The summed E-state index contributed by atoms with van der Waals surface area (Å²) in [6.45, 7) is 11.0. The quantitative estimate of drug-likeness (QED) is 0.819. The van der Waals surface area contributed by atoms with Crippen LogP contribution in [0.2, 0.25) is 0 Å². The Hall–Kier alpha value is -1.81. The Bertz CT molecular complexity index is 558. The third-order valence-electron chi connectivity index (χ3n) is 3.37. The normalized spacial score (nSPS) is 11.1. The second kappa shape index (κ2) is 7.27. The van der Waals surface area contributed by atoms with Crippen molar-refractivity contribution in [3.63, 3.8) is 0 Å². The number of H-pyrrole nitrogens is 1. The third kappa shape index (κ3) is 4.08.